The molecule has 1 rings (SSSR count). The van der Waals surface area contributed by atoms with Crippen LogP contribution in [-0.2, 0) is 6.54 Å². The van der Waals surface area contributed by atoms with Crippen molar-refractivity contribution in [2.75, 3.05) is 0 Å². The minimum absolute atomic E-state index is 0.136. The highest BCUT2D eigenvalue weighted by Crippen LogP contribution is 2.29. The average Bonchev–Trinajstić information content (AvgIpc) is 2.03. The van der Waals surface area contributed by atoms with E-state index in [4.69, 9.17) is 5.73 Å². The van der Waals surface area contributed by atoms with Gasteiger partial charge in [-0.1, -0.05) is 0 Å². The zero-order valence-electron chi connectivity index (χ0n) is 6.40. The Balaban J connectivity index is 3.22. The molecule has 0 fully saturated rings. The monoisotopic (exact) mass is 314 g/mol. The van der Waals surface area contributed by atoms with Crippen LogP contribution in [0.2, 0.25) is 0 Å². The first kappa shape index (κ1) is 11.0. The second kappa shape index (κ2) is 4.43. The van der Waals surface area contributed by atoms with Gasteiger partial charge in [-0.25, -0.2) is 13.8 Å². The largest absolute Gasteiger partial charge is 0.326 e. The molecule has 13 heavy (non-hydrogen) atoms. The summed E-state index contributed by atoms with van der Waals surface area (Å²) in [6.45, 7) is 0.181. The number of nitrogens with two attached hydrogens (primary N) is 1. The van der Waals surface area contributed by atoms with Crippen LogP contribution in [0.4, 0.5) is 8.78 Å². The number of aromatic nitrogens is 1. The third kappa shape index (κ3) is 2.45. The first-order valence-corrected chi connectivity index (χ1v) is 4.98. The molecule has 72 valence electrons. The molecule has 1 aromatic heterocycles. The Morgan fingerprint density at radius 2 is 2.00 bits per heavy atom. The van der Waals surface area contributed by atoms with Crippen molar-refractivity contribution in [3.63, 3.8) is 0 Å². The highest BCUT2D eigenvalue weighted by Gasteiger charge is 2.15. The molecule has 0 aliphatic rings. The van der Waals surface area contributed by atoms with Crippen LogP contribution in [-0.4, -0.2) is 4.98 Å². The summed E-state index contributed by atoms with van der Waals surface area (Å²) in [6, 6.07) is 1.34. The van der Waals surface area contributed by atoms with Gasteiger partial charge in [0.2, 0.25) is 0 Å². The minimum Gasteiger partial charge on any atom is -0.326 e. The predicted molar refractivity (Wildman–Crippen MR) is 52.5 cm³/mol. The first-order valence-electron chi connectivity index (χ1n) is 3.39. The lowest BCUT2D eigenvalue weighted by Gasteiger charge is -2.06. The molecule has 1 heterocycles. The van der Waals surface area contributed by atoms with Crippen LogP contribution in [0.1, 0.15) is 17.6 Å². The number of pyridine rings is 1. The molecule has 0 aliphatic carbocycles. The summed E-state index contributed by atoms with van der Waals surface area (Å²) in [4.78, 5) is 3.84. The SMILES string of the molecule is NCc1cc(C(F)F)c(Br)nc1Br. The molecule has 0 atom stereocenters. The zero-order chi connectivity index (χ0) is 10.0. The average molecular weight is 316 g/mol. The zero-order valence-corrected chi connectivity index (χ0v) is 9.57. The Hall–Kier alpha value is -0.0700. The van der Waals surface area contributed by atoms with Crippen LogP contribution in [0.15, 0.2) is 15.3 Å². The quantitative estimate of drug-likeness (QED) is 0.852. The molecule has 6 heteroatoms. The molecular weight excluding hydrogens is 310 g/mol. The number of rotatable bonds is 2. The number of alkyl halides is 2. The van der Waals surface area contributed by atoms with Crippen LogP contribution < -0.4 is 5.73 Å². The first-order chi connectivity index (χ1) is 6.06. The van der Waals surface area contributed by atoms with Crippen molar-refractivity contribution in [1.29, 1.82) is 0 Å². The highest BCUT2D eigenvalue weighted by atomic mass is 79.9. The van der Waals surface area contributed by atoms with E-state index >= 15 is 0 Å². The van der Waals surface area contributed by atoms with E-state index in [1.807, 2.05) is 0 Å². The molecule has 0 bridgehead atoms. The lowest BCUT2D eigenvalue weighted by molar-refractivity contribution is 0.150. The Morgan fingerprint density at radius 1 is 1.38 bits per heavy atom. The summed E-state index contributed by atoms with van der Waals surface area (Å²) in [6.07, 6.45) is -2.54. The Morgan fingerprint density at radius 3 is 2.46 bits per heavy atom. The molecule has 0 saturated carbocycles. The van der Waals surface area contributed by atoms with Crippen LogP contribution in [0, 0.1) is 0 Å². The van der Waals surface area contributed by atoms with Gasteiger partial charge in [0.05, 0.1) is 5.56 Å². The molecule has 0 aliphatic heterocycles. The van der Waals surface area contributed by atoms with Crippen molar-refractivity contribution in [2.45, 2.75) is 13.0 Å². The van der Waals surface area contributed by atoms with Crippen LogP contribution in [0.5, 0.6) is 0 Å². The van der Waals surface area contributed by atoms with E-state index in [9.17, 15) is 8.78 Å². The lowest BCUT2D eigenvalue weighted by atomic mass is 10.2. The maximum atomic E-state index is 12.3. The number of nitrogens with zero attached hydrogens (tertiary/aromatic N) is 1. The molecule has 0 radical (unpaired) electrons. The smallest absolute Gasteiger partial charge is 0.266 e. The molecule has 2 nitrogen and oxygen atoms in total. The Labute approximate surface area is 90.8 Å². The molecule has 0 amide bonds. The molecule has 0 aromatic carbocycles. The molecular formula is C7H6Br2F2N2. The molecule has 1 aromatic rings. The summed E-state index contributed by atoms with van der Waals surface area (Å²) in [5.41, 5.74) is 5.77. The fourth-order valence-corrected chi connectivity index (χ4v) is 1.98. The molecule has 0 spiro atoms. The molecule has 0 saturated heterocycles. The Bertz CT molecular complexity index is 318. The van der Waals surface area contributed by atoms with Gasteiger partial charge in [-0.15, -0.1) is 0 Å². The maximum Gasteiger partial charge on any atom is 0.266 e. The molecule has 2 N–H and O–H groups in total. The van der Waals surface area contributed by atoms with Gasteiger partial charge >= 0.3 is 0 Å². The van der Waals surface area contributed by atoms with Gasteiger partial charge in [-0.05, 0) is 43.5 Å². The van der Waals surface area contributed by atoms with Gasteiger partial charge in [0.15, 0.2) is 0 Å². The summed E-state index contributed by atoms with van der Waals surface area (Å²) in [5, 5.41) is 0. The summed E-state index contributed by atoms with van der Waals surface area (Å²) in [5.74, 6) is 0. The van der Waals surface area contributed by atoms with Gasteiger partial charge in [-0.2, -0.15) is 0 Å². The number of hydrogen-bond acceptors (Lipinski definition) is 2. The van der Waals surface area contributed by atoms with E-state index in [0.717, 1.165) is 0 Å². The Kier molecular flexibility index (Phi) is 3.75. The number of hydrogen-bond donors (Lipinski definition) is 1. The van der Waals surface area contributed by atoms with Crippen LogP contribution >= 0.6 is 31.9 Å². The normalized spacial score (nSPS) is 10.9. The van der Waals surface area contributed by atoms with Crippen molar-refractivity contribution < 1.29 is 8.78 Å². The van der Waals surface area contributed by atoms with Gasteiger partial charge in [0, 0.05) is 6.54 Å². The maximum absolute atomic E-state index is 12.3. The second-order valence-corrected chi connectivity index (χ2v) is 3.83. The van der Waals surface area contributed by atoms with E-state index in [2.05, 4.69) is 36.8 Å². The summed E-state index contributed by atoms with van der Waals surface area (Å²) in [7, 11) is 0. The topological polar surface area (TPSA) is 38.9 Å². The lowest BCUT2D eigenvalue weighted by Crippen LogP contribution is -2.02. The summed E-state index contributed by atoms with van der Waals surface area (Å²) < 4.78 is 25.3. The van der Waals surface area contributed by atoms with Gasteiger partial charge in [-0.3, -0.25) is 0 Å². The van der Waals surface area contributed by atoms with Gasteiger partial charge in [0.25, 0.3) is 6.43 Å². The van der Waals surface area contributed by atoms with E-state index in [1.165, 1.54) is 6.07 Å². The third-order valence-corrected chi connectivity index (χ3v) is 2.81. The van der Waals surface area contributed by atoms with Gasteiger partial charge < -0.3 is 5.73 Å². The highest BCUT2D eigenvalue weighted by molar-refractivity contribution is 9.11. The fraction of sp³-hybridized carbons (Fsp3) is 0.286. The van der Waals surface area contributed by atoms with Crippen molar-refractivity contribution in [3.8, 4) is 0 Å². The van der Waals surface area contributed by atoms with Crippen LogP contribution in [0.25, 0.3) is 0 Å². The molecule has 0 unspecified atom stereocenters. The van der Waals surface area contributed by atoms with E-state index in [0.29, 0.717) is 10.2 Å². The van der Waals surface area contributed by atoms with E-state index in [1.54, 1.807) is 0 Å². The summed E-state index contributed by atoms with van der Waals surface area (Å²) >= 11 is 6.07. The predicted octanol–water partition coefficient (Wildman–Crippen LogP) is 3.00. The van der Waals surface area contributed by atoms with E-state index < -0.39 is 6.43 Å². The standard InChI is InChI=1S/C7H6Br2F2N2/c8-5-3(2-12)1-4(7(10)11)6(9)13-5/h1,7H,2,12H2. The van der Waals surface area contributed by atoms with Crippen molar-refractivity contribution in [1.82, 2.24) is 4.98 Å². The number of halogens is 4. The minimum atomic E-state index is -2.54. The fourth-order valence-electron chi connectivity index (χ4n) is 0.826. The van der Waals surface area contributed by atoms with Crippen LogP contribution in [0.3, 0.4) is 0 Å². The van der Waals surface area contributed by atoms with E-state index in [-0.39, 0.29) is 16.7 Å². The third-order valence-electron chi connectivity index (χ3n) is 1.48. The van der Waals surface area contributed by atoms with Crippen molar-refractivity contribution in [3.05, 3.63) is 26.4 Å². The second-order valence-electron chi connectivity index (χ2n) is 2.32. The van der Waals surface area contributed by atoms with Crippen molar-refractivity contribution >= 4 is 31.9 Å². The van der Waals surface area contributed by atoms with Gasteiger partial charge in [0.1, 0.15) is 9.21 Å². The van der Waals surface area contributed by atoms with Crippen molar-refractivity contribution in [2.24, 2.45) is 5.73 Å².